The summed E-state index contributed by atoms with van der Waals surface area (Å²) in [6.07, 6.45) is 3.70. The van der Waals surface area contributed by atoms with Crippen molar-refractivity contribution in [1.82, 2.24) is 19.9 Å². The zero-order chi connectivity index (χ0) is 11.0. The van der Waals surface area contributed by atoms with E-state index in [9.17, 15) is 0 Å². The van der Waals surface area contributed by atoms with E-state index in [1.165, 1.54) is 0 Å². The Balaban J connectivity index is 1.98. The molecule has 1 N–H and O–H groups in total. The van der Waals surface area contributed by atoms with E-state index in [1.807, 2.05) is 18.3 Å². The second-order valence-corrected chi connectivity index (χ2v) is 4.81. The van der Waals surface area contributed by atoms with E-state index in [4.69, 9.17) is 0 Å². The largest absolute Gasteiger partial charge is 0.340 e. The molecule has 0 amide bonds. The Morgan fingerprint density at radius 1 is 1.50 bits per heavy atom. The first-order valence-corrected chi connectivity index (χ1v) is 6.18. The summed E-state index contributed by atoms with van der Waals surface area (Å²) in [6.45, 7) is 2.88. The van der Waals surface area contributed by atoms with Crippen LogP contribution in [0.2, 0.25) is 0 Å². The first-order valence-electron chi connectivity index (χ1n) is 5.26. The molecule has 2 aromatic heterocycles. The van der Waals surface area contributed by atoms with Crippen LogP contribution >= 0.6 is 15.9 Å². The number of alkyl halides is 1. The Morgan fingerprint density at radius 3 is 3.25 bits per heavy atom. The Labute approximate surface area is 102 Å². The quantitative estimate of drug-likeness (QED) is 0.622. The normalized spacial score (nSPS) is 21.6. The van der Waals surface area contributed by atoms with Gasteiger partial charge in [0.1, 0.15) is 0 Å². The minimum atomic E-state index is 0.297. The Bertz CT molecular complexity index is 464. The second kappa shape index (κ2) is 4.03. The topological polar surface area (TPSA) is 45.5 Å². The first-order chi connectivity index (χ1) is 7.84. The number of rotatable bonds is 1. The van der Waals surface area contributed by atoms with Gasteiger partial charge in [-0.05, 0) is 6.07 Å². The Kier molecular flexibility index (Phi) is 2.53. The summed E-state index contributed by atoms with van der Waals surface area (Å²) in [5, 5.41) is 7.84. The fourth-order valence-electron chi connectivity index (χ4n) is 1.89. The number of hydrogen-bond acceptors (Lipinski definition) is 4. The van der Waals surface area contributed by atoms with E-state index in [0.717, 1.165) is 31.1 Å². The van der Waals surface area contributed by atoms with Crippen molar-refractivity contribution >= 4 is 27.4 Å². The van der Waals surface area contributed by atoms with Crippen LogP contribution in [0.4, 0.5) is 5.82 Å². The zero-order valence-corrected chi connectivity index (χ0v) is 10.3. The van der Waals surface area contributed by atoms with Crippen molar-refractivity contribution < 1.29 is 0 Å². The number of piperazine rings is 1. The SMILES string of the molecule is BrC1CNCCN1c1cc2ncccn2n1. The molecule has 0 bridgehead atoms. The third-order valence-electron chi connectivity index (χ3n) is 2.70. The molecule has 0 spiro atoms. The molecule has 3 rings (SSSR count). The smallest absolute Gasteiger partial charge is 0.157 e. The highest BCUT2D eigenvalue weighted by atomic mass is 79.9. The van der Waals surface area contributed by atoms with Crippen LogP contribution in [0.25, 0.3) is 5.65 Å². The summed E-state index contributed by atoms with van der Waals surface area (Å²) < 4.78 is 1.80. The van der Waals surface area contributed by atoms with Crippen molar-refractivity contribution in [2.45, 2.75) is 4.95 Å². The van der Waals surface area contributed by atoms with Crippen molar-refractivity contribution in [1.29, 1.82) is 0 Å². The summed E-state index contributed by atoms with van der Waals surface area (Å²) in [4.78, 5) is 6.80. The summed E-state index contributed by atoms with van der Waals surface area (Å²) in [6, 6.07) is 3.90. The number of anilines is 1. The molecule has 3 heterocycles. The highest BCUT2D eigenvalue weighted by molar-refractivity contribution is 9.09. The number of halogens is 1. The van der Waals surface area contributed by atoms with Gasteiger partial charge in [0.25, 0.3) is 0 Å². The van der Waals surface area contributed by atoms with Crippen LogP contribution in [-0.4, -0.2) is 39.2 Å². The molecule has 1 fully saturated rings. The highest BCUT2D eigenvalue weighted by Gasteiger charge is 2.21. The zero-order valence-electron chi connectivity index (χ0n) is 8.67. The third kappa shape index (κ3) is 1.68. The van der Waals surface area contributed by atoms with Crippen molar-refractivity contribution in [3.05, 3.63) is 24.5 Å². The average Bonchev–Trinajstić information content (AvgIpc) is 2.73. The first kappa shape index (κ1) is 10.0. The van der Waals surface area contributed by atoms with E-state index in [0.29, 0.717) is 4.95 Å². The van der Waals surface area contributed by atoms with Crippen molar-refractivity contribution in [2.75, 3.05) is 24.5 Å². The van der Waals surface area contributed by atoms with Crippen LogP contribution in [-0.2, 0) is 0 Å². The lowest BCUT2D eigenvalue weighted by molar-refractivity contribution is 0.564. The maximum absolute atomic E-state index is 4.51. The summed E-state index contributed by atoms with van der Waals surface area (Å²) in [5.41, 5.74) is 0.885. The monoisotopic (exact) mass is 281 g/mol. The molecule has 6 heteroatoms. The lowest BCUT2D eigenvalue weighted by atomic mass is 10.3. The lowest BCUT2D eigenvalue weighted by Gasteiger charge is -2.32. The van der Waals surface area contributed by atoms with Gasteiger partial charge < -0.3 is 10.2 Å². The lowest BCUT2D eigenvalue weighted by Crippen LogP contribution is -2.48. The molecule has 1 aliphatic rings. The van der Waals surface area contributed by atoms with Gasteiger partial charge in [0, 0.05) is 38.1 Å². The number of nitrogens with zero attached hydrogens (tertiary/aromatic N) is 4. The predicted octanol–water partition coefficient (Wildman–Crippen LogP) is 0.860. The molecule has 5 nitrogen and oxygen atoms in total. The number of fused-ring (bicyclic) bond motifs is 1. The standard InChI is InChI=1S/C10H12BrN5/c11-8-7-12-3-5-15(8)10-6-9-13-2-1-4-16(9)14-10/h1-2,4,6,8,12H,3,5,7H2. The van der Waals surface area contributed by atoms with Gasteiger partial charge in [0.2, 0.25) is 0 Å². The molecule has 1 atom stereocenters. The van der Waals surface area contributed by atoms with Gasteiger partial charge in [-0.3, -0.25) is 0 Å². The number of nitrogens with one attached hydrogen (secondary N) is 1. The Hall–Kier alpha value is -1.14. The Morgan fingerprint density at radius 2 is 2.44 bits per heavy atom. The molecular weight excluding hydrogens is 270 g/mol. The van der Waals surface area contributed by atoms with Crippen LogP contribution in [0.5, 0.6) is 0 Å². The van der Waals surface area contributed by atoms with Gasteiger partial charge in [-0.1, -0.05) is 15.9 Å². The molecule has 1 aliphatic heterocycles. The molecule has 0 aromatic carbocycles. The highest BCUT2D eigenvalue weighted by Crippen LogP contribution is 2.20. The number of aromatic nitrogens is 3. The second-order valence-electron chi connectivity index (χ2n) is 3.76. The molecule has 1 unspecified atom stereocenters. The minimum absolute atomic E-state index is 0.297. The van der Waals surface area contributed by atoms with Crippen LogP contribution in [0.3, 0.4) is 0 Å². The minimum Gasteiger partial charge on any atom is -0.340 e. The van der Waals surface area contributed by atoms with E-state index in [1.54, 1.807) is 10.7 Å². The molecule has 1 saturated heterocycles. The van der Waals surface area contributed by atoms with Crippen molar-refractivity contribution in [3.8, 4) is 0 Å². The number of hydrogen-bond donors (Lipinski definition) is 1. The fraction of sp³-hybridized carbons (Fsp3) is 0.400. The van der Waals surface area contributed by atoms with Gasteiger partial charge in [-0.2, -0.15) is 0 Å². The summed E-state index contributed by atoms with van der Waals surface area (Å²) in [5.74, 6) is 0.974. The van der Waals surface area contributed by atoms with E-state index in [2.05, 4.69) is 36.2 Å². The van der Waals surface area contributed by atoms with Gasteiger partial charge in [-0.15, -0.1) is 5.10 Å². The maximum Gasteiger partial charge on any atom is 0.157 e. The van der Waals surface area contributed by atoms with E-state index in [-0.39, 0.29) is 0 Å². The van der Waals surface area contributed by atoms with Crippen molar-refractivity contribution in [2.24, 2.45) is 0 Å². The van der Waals surface area contributed by atoms with Gasteiger partial charge in [0.15, 0.2) is 11.5 Å². The van der Waals surface area contributed by atoms with Crippen LogP contribution in [0.15, 0.2) is 24.5 Å². The van der Waals surface area contributed by atoms with Crippen LogP contribution < -0.4 is 10.2 Å². The van der Waals surface area contributed by atoms with Gasteiger partial charge in [-0.25, -0.2) is 9.50 Å². The van der Waals surface area contributed by atoms with E-state index >= 15 is 0 Å². The predicted molar refractivity (Wildman–Crippen MR) is 65.9 cm³/mol. The molecule has 0 aliphatic carbocycles. The summed E-state index contributed by atoms with van der Waals surface area (Å²) >= 11 is 3.64. The molecule has 0 radical (unpaired) electrons. The van der Waals surface area contributed by atoms with Crippen molar-refractivity contribution in [3.63, 3.8) is 0 Å². The average molecular weight is 282 g/mol. The molecule has 84 valence electrons. The third-order valence-corrected chi connectivity index (χ3v) is 3.52. The summed E-state index contributed by atoms with van der Waals surface area (Å²) in [7, 11) is 0. The maximum atomic E-state index is 4.51. The fourth-order valence-corrected chi connectivity index (χ4v) is 2.53. The molecule has 16 heavy (non-hydrogen) atoms. The van der Waals surface area contributed by atoms with Gasteiger partial charge >= 0.3 is 0 Å². The van der Waals surface area contributed by atoms with Gasteiger partial charge in [0.05, 0.1) is 4.95 Å². The molecular formula is C10H12BrN5. The van der Waals surface area contributed by atoms with Crippen LogP contribution in [0.1, 0.15) is 0 Å². The van der Waals surface area contributed by atoms with Crippen LogP contribution in [0, 0.1) is 0 Å². The van der Waals surface area contributed by atoms with E-state index < -0.39 is 0 Å². The molecule has 0 saturated carbocycles. The molecule has 2 aromatic rings.